The smallest absolute Gasteiger partial charge is 0.406 e. The number of β-amino-alcohol motifs (C(OH)–C–C–N with tert-alkyl or cyclic N) is 1. The summed E-state index contributed by atoms with van der Waals surface area (Å²) in [7, 11) is 3.12. The maximum atomic E-state index is 14.9. The molecule has 1 fully saturated rings. The molecule has 0 amide bonds. The maximum Gasteiger partial charge on any atom is 0.406 e. The summed E-state index contributed by atoms with van der Waals surface area (Å²) in [5.41, 5.74) is 1.63. The molecule has 3 N–H and O–H groups in total. The summed E-state index contributed by atoms with van der Waals surface area (Å²) in [6.07, 6.45) is -5.22. The van der Waals surface area contributed by atoms with Crippen molar-refractivity contribution < 1.29 is 37.3 Å². The van der Waals surface area contributed by atoms with E-state index in [2.05, 4.69) is 17.2 Å². The zero-order valence-electron chi connectivity index (χ0n) is 22.7. The molecule has 2 heterocycles. The molecule has 0 unspecified atom stereocenters. The minimum Gasteiger partial charge on any atom is -0.495 e. The number of methoxy groups -OCH3 is 1. The quantitative estimate of drug-likeness (QED) is 0.260. The fraction of sp³-hybridized carbons (Fsp3) is 0.414. The lowest BCUT2D eigenvalue weighted by molar-refractivity contribution is -0.140. The Morgan fingerprint density at radius 2 is 2.02 bits per heavy atom. The first-order valence-corrected chi connectivity index (χ1v) is 13.0. The van der Waals surface area contributed by atoms with Crippen LogP contribution in [0.4, 0.5) is 28.9 Å². The summed E-state index contributed by atoms with van der Waals surface area (Å²) in [4.78, 5) is 14.8. The fourth-order valence-electron chi connectivity index (χ4n) is 5.00. The Morgan fingerprint density at radius 1 is 1.24 bits per heavy atom. The van der Waals surface area contributed by atoms with Crippen molar-refractivity contribution in [2.24, 2.45) is 0 Å². The number of nitrogens with zero attached hydrogens (tertiary/aromatic N) is 3. The van der Waals surface area contributed by atoms with Gasteiger partial charge in [-0.1, -0.05) is 12.0 Å². The second-order valence-corrected chi connectivity index (χ2v) is 9.90. The number of piperidine rings is 1. The lowest BCUT2D eigenvalue weighted by Gasteiger charge is -2.35. The van der Waals surface area contributed by atoms with Crippen molar-refractivity contribution >= 4 is 28.2 Å². The highest BCUT2D eigenvalue weighted by atomic mass is 19.4. The van der Waals surface area contributed by atoms with Gasteiger partial charge in [0.1, 0.15) is 18.5 Å². The molecule has 0 aliphatic carbocycles. The molecule has 0 spiro atoms. The number of hydrogen-bond donors (Lipinski definition) is 3. The first kappa shape index (κ1) is 30.0. The van der Waals surface area contributed by atoms with Crippen molar-refractivity contribution in [1.82, 2.24) is 9.47 Å². The number of carboxylic acid groups (broad SMARTS) is 1. The van der Waals surface area contributed by atoms with Gasteiger partial charge in [0.05, 0.1) is 48.8 Å². The molecule has 0 radical (unpaired) electrons. The molecular weight excluding hydrogens is 544 g/mol. The Labute approximate surface area is 235 Å². The SMILES string of the molecule is COc1cc(C(=O)O)ccc1N(C)CC#Cc1cc2c(N[C@H]3CCN(CCO)C[C@H]3F)cccc2n1CC(F)(F)F. The van der Waals surface area contributed by atoms with Crippen LogP contribution in [-0.4, -0.2) is 91.0 Å². The summed E-state index contributed by atoms with van der Waals surface area (Å²) in [5, 5.41) is 22.0. The van der Waals surface area contributed by atoms with Crippen molar-refractivity contribution in [3.63, 3.8) is 0 Å². The fourth-order valence-corrected chi connectivity index (χ4v) is 5.00. The molecule has 3 aromatic rings. The number of fused-ring (bicyclic) bond motifs is 1. The molecule has 1 aliphatic heterocycles. The number of hydrogen-bond acceptors (Lipinski definition) is 6. The van der Waals surface area contributed by atoms with Crippen LogP contribution in [0.3, 0.4) is 0 Å². The van der Waals surface area contributed by atoms with Crippen molar-refractivity contribution in [3.8, 4) is 17.6 Å². The molecule has 41 heavy (non-hydrogen) atoms. The van der Waals surface area contributed by atoms with Gasteiger partial charge in [-0.3, -0.25) is 4.90 Å². The Morgan fingerprint density at radius 3 is 2.68 bits per heavy atom. The summed E-state index contributed by atoms with van der Waals surface area (Å²) >= 11 is 0. The molecule has 1 saturated heterocycles. The van der Waals surface area contributed by atoms with Gasteiger partial charge >= 0.3 is 12.1 Å². The van der Waals surface area contributed by atoms with E-state index in [0.29, 0.717) is 47.5 Å². The van der Waals surface area contributed by atoms with E-state index in [1.165, 1.54) is 19.2 Å². The number of aromatic nitrogens is 1. The van der Waals surface area contributed by atoms with E-state index in [9.17, 15) is 27.5 Å². The predicted octanol–water partition coefficient (Wildman–Crippen LogP) is 4.21. The second-order valence-electron chi connectivity index (χ2n) is 9.90. The monoisotopic (exact) mass is 576 g/mol. The molecule has 0 bridgehead atoms. The molecule has 0 saturated carbocycles. The van der Waals surface area contributed by atoms with E-state index in [4.69, 9.17) is 9.84 Å². The van der Waals surface area contributed by atoms with E-state index in [-0.39, 0.29) is 31.0 Å². The largest absolute Gasteiger partial charge is 0.495 e. The third kappa shape index (κ3) is 7.23. The van der Waals surface area contributed by atoms with Crippen molar-refractivity contribution in [2.75, 3.05) is 57.2 Å². The lowest BCUT2D eigenvalue weighted by atomic mass is 10.0. The normalized spacial score (nSPS) is 17.6. The van der Waals surface area contributed by atoms with Crippen molar-refractivity contribution in [1.29, 1.82) is 0 Å². The number of likely N-dealkylation sites (tertiary alicyclic amines) is 1. The van der Waals surface area contributed by atoms with Crippen LogP contribution in [0.2, 0.25) is 0 Å². The van der Waals surface area contributed by atoms with Crippen LogP contribution < -0.4 is 15.0 Å². The minimum atomic E-state index is -4.49. The molecule has 8 nitrogen and oxygen atoms in total. The van der Waals surface area contributed by atoms with Crippen LogP contribution in [-0.2, 0) is 6.54 Å². The van der Waals surface area contributed by atoms with Crippen LogP contribution >= 0.6 is 0 Å². The average Bonchev–Trinajstić information content (AvgIpc) is 3.26. The summed E-state index contributed by atoms with van der Waals surface area (Å²) in [6.45, 7) is -0.0241. The number of aliphatic hydroxyl groups excluding tert-OH is 1. The highest BCUT2D eigenvalue weighted by Gasteiger charge is 2.31. The number of aliphatic hydroxyl groups is 1. The topological polar surface area (TPSA) is 90.2 Å². The van der Waals surface area contributed by atoms with Gasteiger partial charge < -0.3 is 29.7 Å². The van der Waals surface area contributed by atoms with E-state index in [1.54, 1.807) is 42.3 Å². The molecule has 4 rings (SSSR count). The van der Waals surface area contributed by atoms with Crippen LogP contribution in [0.5, 0.6) is 5.75 Å². The van der Waals surface area contributed by atoms with E-state index in [1.807, 2.05) is 4.90 Å². The van der Waals surface area contributed by atoms with Crippen molar-refractivity contribution in [2.45, 2.75) is 31.4 Å². The molecule has 12 heteroatoms. The zero-order valence-corrected chi connectivity index (χ0v) is 22.7. The first-order chi connectivity index (χ1) is 19.5. The predicted molar refractivity (Wildman–Crippen MR) is 149 cm³/mol. The van der Waals surface area contributed by atoms with E-state index < -0.39 is 30.9 Å². The van der Waals surface area contributed by atoms with E-state index in [0.717, 1.165) is 4.57 Å². The Kier molecular flexibility index (Phi) is 9.30. The molecule has 2 atom stereocenters. The van der Waals surface area contributed by atoms with Crippen LogP contribution in [0.1, 0.15) is 22.5 Å². The highest BCUT2D eigenvalue weighted by Crippen LogP contribution is 2.32. The average molecular weight is 577 g/mol. The Balaban J connectivity index is 1.61. The van der Waals surface area contributed by atoms with Crippen LogP contribution in [0, 0.1) is 11.8 Å². The van der Waals surface area contributed by atoms with Crippen molar-refractivity contribution in [3.05, 3.63) is 53.7 Å². The summed E-state index contributed by atoms with van der Waals surface area (Å²) < 4.78 is 62.0. The first-order valence-electron chi connectivity index (χ1n) is 13.0. The number of nitrogens with one attached hydrogen (secondary N) is 1. The number of anilines is 2. The Hall–Kier alpha value is -3.95. The number of aromatic carboxylic acids is 1. The number of alkyl halides is 4. The minimum absolute atomic E-state index is 0.0546. The van der Waals surface area contributed by atoms with Gasteiger partial charge in [-0.15, -0.1) is 0 Å². The Bertz CT molecular complexity index is 1450. The lowest BCUT2D eigenvalue weighted by Crippen LogP contribution is -2.48. The van der Waals surface area contributed by atoms with Gasteiger partial charge in [0, 0.05) is 37.8 Å². The number of rotatable bonds is 9. The highest BCUT2D eigenvalue weighted by molar-refractivity contribution is 5.94. The number of halogens is 4. The van der Waals surface area contributed by atoms with Gasteiger partial charge in [-0.05, 0) is 48.7 Å². The molecule has 1 aliphatic rings. The van der Waals surface area contributed by atoms with Gasteiger partial charge in [0.25, 0.3) is 0 Å². The van der Waals surface area contributed by atoms with E-state index >= 15 is 0 Å². The number of benzene rings is 2. The van der Waals surface area contributed by atoms with Gasteiger partial charge in [-0.25, -0.2) is 9.18 Å². The number of carboxylic acids is 1. The van der Waals surface area contributed by atoms with Gasteiger partial charge in [-0.2, -0.15) is 13.2 Å². The number of carbonyl (C=O) groups is 1. The third-order valence-corrected chi connectivity index (χ3v) is 7.04. The van der Waals surface area contributed by atoms with Crippen LogP contribution in [0.25, 0.3) is 10.9 Å². The molecule has 2 aromatic carbocycles. The molecule has 1 aromatic heterocycles. The number of ether oxygens (including phenoxy) is 1. The molecular formula is C29H32F4N4O4. The zero-order chi connectivity index (χ0) is 29.7. The second kappa shape index (κ2) is 12.7. The van der Waals surface area contributed by atoms with Gasteiger partial charge in [0.2, 0.25) is 0 Å². The standard InChI is InChI=1S/C29H32F4N4O4/c1-35(26-9-8-19(28(39)40)15-27(26)41-2)11-4-5-20-16-21-23(6-3-7-25(21)37(20)18-29(31,32)33)34-24-10-12-36(13-14-38)17-22(24)30/h3,6-9,15-16,22,24,34,38H,10-14,17-18H2,1-2H3,(H,39,40)/t22-,24+/m1/s1. The maximum absolute atomic E-state index is 14.9. The summed E-state index contributed by atoms with van der Waals surface area (Å²) in [5.74, 6) is 4.99. The summed E-state index contributed by atoms with van der Waals surface area (Å²) in [6, 6.07) is 10.4. The van der Waals surface area contributed by atoms with Crippen LogP contribution in [0.15, 0.2) is 42.5 Å². The molecule has 220 valence electrons. The third-order valence-electron chi connectivity index (χ3n) is 7.04. The van der Waals surface area contributed by atoms with Gasteiger partial charge in [0.15, 0.2) is 0 Å².